The Balaban J connectivity index is 1.19. The van der Waals surface area contributed by atoms with Crippen LogP contribution in [0.15, 0.2) is 24.3 Å². The average Bonchev–Trinajstić information content (AvgIpc) is 2.66. The van der Waals surface area contributed by atoms with Crippen LogP contribution in [0.3, 0.4) is 0 Å². The molecule has 0 unspecified atom stereocenters. The minimum atomic E-state index is -0.642. The van der Waals surface area contributed by atoms with Crippen LogP contribution in [0, 0.1) is 17.8 Å². The van der Waals surface area contributed by atoms with Crippen molar-refractivity contribution >= 4 is 29.5 Å². The van der Waals surface area contributed by atoms with Gasteiger partial charge in [-0.3, -0.25) is 19.7 Å². The van der Waals surface area contributed by atoms with Gasteiger partial charge in [0.05, 0.1) is 6.42 Å². The van der Waals surface area contributed by atoms with Gasteiger partial charge in [-0.15, -0.1) is 0 Å². The monoisotopic (exact) mass is 427 g/mol. The Kier molecular flexibility index (Phi) is 5.98. The summed E-state index contributed by atoms with van der Waals surface area (Å²) < 4.78 is 5.00. The van der Waals surface area contributed by atoms with Crippen molar-refractivity contribution in [1.82, 2.24) is 10.6 Å². The van der Waals surface area contributed by atoms with E-state index in [1.165, 1.54) is 26.2 Å². The van der Waals surface area contributed by atoms with Crippen LogP contribution in [0.4, 0.5) is 10.5 Å². The van der Waals surface area contributed by atoms with E-state index >= 15 is 0 Å². The van der Waals surface area contributed by atoms with Gasteiger partial charge in [-0.25, -0.2) is 4.79 Å². The second-order valence-electron chi connectivity index (χ2n) is 9.42. The Bertz CT molecular complexity index is 844. The molecule has 5 rings (SSSR count). The molecule has 3 N–H and O–H groups in total. The van der Waals surface area contributed by atoms with Crippen molar-refractivity contribution in [2.75, 3.05) is 11.9 Å². The number of ether oxygens (including phenoxy) is 1. The van der Waals surface area contributed by atoms with E-state index in [1.54, 1.807) is 24.3 Å². The van der Waals surface area contributed by atoms with Crippen LogP contribution in [-0.4, -0.2) is 36.0 Å². The summed E-state index contributed by atoms with van der Waals surface area (Å²) in [6.45, 7) is 0.914. The van der Waals surface area contributed by atoms with Gasteiger partial charge < -0.3 is 15.4 Å². The van der Waals surface area contributed by atoms with Crippen LogP contribution >= 0.6 is 0 Å². The van der Waals surface area contributed by atoms with Crippen molar-refractivity contribution in [2.45, 2.75) is 57.4 Å². The number of hydrogen-bond donors (Lipinski definition) is 3. The SMILES string of the molecule is CC(=O)Nc1ccc(CC(=O)OCC(=O)NC(=O)NC23CC4CC(CC(C4)C2)C3)cc1. The van der Waals surface area contributed by atoms with Crippen LogP contribution < -0.4 is 16.0 Å². The molecule has 0 spiro atoms. The van der Waals surface area contributed by atoms with Crippen LogP contribution in [-0.2, 0) is 25.5 Å². The first-order chi connectivity index (χ1) is 14.8. The van der Waals surface area contributed by atoms with Gasteiger partial charge in [-0.05, 0) is 74.0 Å². The maximum absolute atomic E-state index is 12.4. The largest absolute Gasteiger partial charge is 0.455 e. The number of carbonyl (C=O) groups is 4. The molecule has 4 amide bonds. The third-order valence-corrected chi connectivity index (χ3v) is 6.66. The molecule has 0 saturated heterocycles. The number of rotatable bonds is 6. The lowest BCUT2D eigenvalue weighted by atomic mass is 9.53. The highest BCUT2D eigenvalue weighted by Gasteiger charge is 2.51. The predicted molar refractivity (Wildman–Crippen MR) is 113 cm³/mol. The highest BCUT2D eigenvalue weighted by atomic mass is 16.5. The van der Waals surface area contributed by atoms with Gasteiger partial charge >= 0.3 is 12.0 Å². The van der Waals surface area contributed by atoms with E-state index in [-0.39, 0.29) is 17.9 Å². The van der Waals surface area contributed by atoms with E-state index in [1.807, 2.05) is 0 Å². The molecule has 4 saturated carbocycles. The summed E-state index contributed by atoms with van der Waals surface area (Å²) in [6.07, 6.45) is 6.80. The molecule has 166 valence electrons. The zero-order valence-electron chi connectivity index (χ0n) is 17.7. The minimum absolute atomic E-state index is 0.00684. The molecular weight excluding hydrogens is 398 g/mol. The third kappa shape index (κ3) is 5.42. The number of urea groups is 1. The smallest absolute Gasteiger partial charge is 0.321 e. The van der Waals surface area contributed by atoms with Crippen LogP contribution in [0.5, 0.6) is 0 Å². The number of hydrogen-bond acceptors (Lipinski definition) is 5. The molecule has 0 aliphatic heterocycles. The molecule has 8 nitrogen and oxygen atoms in total. The minimum Gasteiger partial charge on any atom is -0.455 e. The van der Waals surface area contributed by atoms with Gasteiger partial charge in [0.2, 0.25) is 5.91 Å². The van der Waals surface area contributed by atoms with E-state index < -0.39 is 24.5 Å². The number of esters is 1. The Hall–Kier alpha value is -2.90. The van der Waals surface area contributed by atoms with Crippen molar-refractivity contribution in [1.29, 1.82) is 0 Å². The van der Waals surface area contributed by atoms with Gasteiger partial charge in [0.15, 0.2) is 6.61 Å². The molecular formula is C23H29N3O5. The van der Waals surface area contributed by atoms with Crippen LogP contribution in [0.25, 0.3) is 0 Å². The Labute approximate surface area is 181 Å². The Morgan fingerprint density at radius 3 is 2.10 bits per heavy atom. The molecule has 0 radical (unpaired) electrons. The highest BCUT2D eigenvalue weighted by molar-refractivity contribution is 5.96. The second kappa shape index (κ2) is 8.69. The number of amides is 4. The normalized spacial score (nSPS) is 28.0. The maximum atomic E-state index is 12.4. The third-order valence-electron chi connectivity index (χ3n) is 6.66. The lowest BCUT2D eigenvalue weighted by Gasteiger charge is -2.56. The zero-order valence-corrected chi connectivity index (χ0v) is 17.7. The van der Waals surface area contributed by atoms with E-state index in [9.17, 15) is 19.2 Å². The molecule has 0 atom stereocenters. The van der Waals surface area contributed by atoms with E-state index in [4.69, 9.17) is 4.74 Å². The van der Waals surface area contributed by atoms with Gasteiger partial charge in [0, 0.05) is 18.2 Å². The molecule has 1 aromatic rings. The summed E-state index contributed by atoms with van der Waals surface area (Å²) >= 11 is 0. The van der Waals surface area contributed by atoms with Crippen molar-refractivity contribution in [2.24, 2.45) is 17.8 Å². The molecule has 4 bridgehead atoms. The molecule has 1 aromatic carbocycles. The number of carbonyl (C=O) groups excluding carboxylic acids is 4. The molecule has 0 heterocycles. The predicted octanol–water partition coefficient (Wildman–Crippen LogP) is 2.53. The lowest BCUT2D eigenvalue weighted by molar-refractivity contribution is -0.147. The van der Waals surface area contributed by atoms with E-state index in [0.29, 0.717) is 29.0 Å². The van der Waals surface area contributed by atoms with Gasteiger partial charge in [0.25, 0.3) is 5.91 Å². The molecule has 0 aromatic heterocycles. The molecule has 31 heavy (non-hydrogen) atoms. The van der Waals surface area contributed by atoms with Crippen molar-refractivity contribution in [3.05, 3.63) is 29.8 Å². The summed E-state index contributed by atoms with van der Waals surface area (Å²) in [6, 6.07) is 6.27. The van der Waals surface area contributed by atoms with E-state index in [0.717, 1.165) is 19.3 Å². The first-order valence-electron chi connectivity index (χ1n) is 10.9. The van der Waals surface area contributed by atoms with Gasteiger partial charge in [-0.1, -0.05) is 12.1 Å². The first kappa shape index (κ1) is 21.3. The lowest BCUT2D eigenvalue weighted by Crippen LogP contribution is -2.62. The second-order valence-corrected chi connectivity index (χ2v) is 9.42. The van der Waals surface area contributed by atoms with Gasteiger partial charge in [-0.2, -0.15) is 0 Å². The Morgan fingerprint density at radius 1 is 0.968 bits per heavy atom. The van der Waals surface area contributed by atoms with E-state index in [2.05, 4.69) is 16.0 Å². The molecule has 4 fully saturated rings. The number of anilines is 1. The molecule has 8 heteroatoms. The van der Waals surface area contributed by atoms with Crippen LogP contribution in [0.1, 0.15) is 51.0 Å². The summed E-state index contributed by atoms with van der Waals surface area (Å²) in [7, 11) is 0. The van der Waals surface area contributed by atoms with Crippen LogP contribution in [0.2, 0.25) is 0 Å². The number of nitrogens with one attached hydrogen (secondary N) is 3. The van der Waals surface area contributed by atoms with Crippen molar-refractivity contribution in [3.63, 3.8) is 0 Å². The average molecular weight is 428 g/mol. The summed E-state index contributed by atoms with van der Waals surface area (Å²) in [4.78, 5) is 47.4. The topological polar surface area (TPSA) is 114 Å². The fourth-order valence-corrected chi connectivity index (χ4v) is 5.97. The fourth-order valence-electron chi connectivity index (χ4n) is 5.97. The fraction of sp³-hybridized carbons (Fsp3) is 0.565. The highest BCUT2D eigenvalue weighted by Crippen LogP contribution is 2.55. The standard InChI is InChI=1S/C23H29N3O5/c1-14(27)24-19-4-2-15(3-5-19)9-21(29)31-13-20(28)25-22(30)26-23-10-16-6-17(11-23)8-18(7-16)12-23/h2-5,16-18H,6-13H2,1H3,(H,24,27)(H2,25,26,28,30). The molecule has 4 aliphatic carbocycles. The molecule has 4 aliphatic rings. The van der Waals surface area contributed by atoms with Crippen molar-refractivity contribution in [3.8, 4) is 0 Å². The number of benzene rings is 1. The van der Waals surface area contributed by atoms with Gasteiger partial charge in [0.1, 0.15) is 0 Å². The quantitative estimate of drug-likeness (QED) is 0.604. The summed E-state index contributed by atoms with van der Waals surface area (Å²) in [5.74, 6) is 0.687. The first-order valence-corrected chi connectivity index (χ1v) is 10.9. The summed E-state index contributed by atoms with van der Waals surface area (Å²) in [5.41, 5.74) is 1.15. The maximum Gasteiger partial charge on any atom is 0.321 e. The van der Waals surface area contributed by atoms with Crippen molar-refractivity contribution < 1.29 is 23.9 Å². The summed E-state index contributed by atoms with van der Waals surface area (Å²) in [5, 5.41) is 8.00. The number of imide groups is 1. The zero-order chi connectivity index (χ0) is 22.0. The Morgan fingerprint density at radius 2 is 1.55 bits per heavy atom.